The van der Waals surface area contributed by atoms with Crippen molar-refractivity contribution in [2.75, 3.05) is 0 Å². The van der Waals surface area contributed by atoms with E-state index in [1.54, 1.807) is 0 Å². The number of aromatic nitrogens is 2. The number of hydrogen-bond acceptors (Lipinski definition) is 5. The highest BCUT2D eigenvalue weighted by molar-refractivity contribution is 7.99. The van der Waals surface area contributed by atoms with Crippen molar-refractivity contribution in [3.05, 3.63) is 121 Å². The average molecular weight is 545 g/mol. The maximum atomic E-state index is 6.24. The lowest BCUT2D eigenvalue weighted by atomic mass is 10.2. The Balaban J connectivity index is 0.00000160. The van der Waals surface area contributed by atoms with Gasteiger partial charge in [-0.25, -0.2) is 9.97 Å². The minimum absolute atomic E-state index is 0. The molecule has 0 radical (unpaired) electrons. The molecule has 0 atom stereocenters. The van der Waals surface area contributed by atoms with Crippen LogP contribution >= 0.6 is 36.6 Å². The Morgan fingerprint density at radius 1 is 0.459 bits per heavy atom. The van der Waals surface area contributed by atoms with Gasteiger partial charge < -0.3 is 9.47 Å². The van der Waals surface area contributed by atoms with E-state index in [-0.39, 0.29) is 24.8 Å². The quantitative estimate of drug-likeness (QED) is 0.209. The highest BCUT2D eigenvalue weighted by atomic mass is 35.5. The Morgan fingerprint density at radius 3 is 1.27 bits per heavy atom. The summed E-state index contributed by atoms with van der Waals surface area (Å²) in [5.74, 6) is 2.54. The number of pyridine rings is 2. The van der Waals surface area contributed by atoms with Crippen molar-refractivity contribution in [1.29, 1.82) is 0 Å². The predicted molar refractivity (Wildman–Crippen MR) is 155 cm³/mol. The molecule has 0 aliphatic heterocycles. The van der Waals surface area contributed by atoms with Gasteiger partial charge in [0, 0.05) is 10.8 Å². The van der Waals surface area contributed by atoms with Crippen LogP contribution in [0.4, 0.5) is 0 Å². The SMILES string of the molecule is Cl.Cl.c1ccc(Oc2nc3ccccc3cc2Sc2cc3ccccc3nc2Oc2ccccc2)cc1. The van der Waals surface area contributed by atoms with Crippen LogP contribution in [0.5, 0.6) is 23.3 Å². The fourth-order valence-electron chi connectivity index (χ4n) is 3.77. The largest absolute Gasteiger partial charge is 0.438 e. The molecule has 0 spiro atoms. The molecule has 0 N–H and O–H groups in total. The normalized spacial score (nSPS) is 10.4. The maximum Gasteiger partial charge on any atom is 0.233 e. The van der Waals surface area contributed by atoms with E-state index in [1.165, 1.54) is 11.8 Å². The number of ether oxygens (including phenoxy) is 2. The Labute approximate surface area is 231 Å². The van der Waals surface area contributed by atoms with Crippen molar-refractivity contribution >= 4 is 58.4 Å². The first-order valence-electron chi connectivity index (χ1n) is 11.2. The fraction of sp³-hybridized carbons (Fsp3) is 0. The van der Waals surface area contributed by atoms with Crippen LogP contribution in [-0.4, -0.2) is 9.97 Å². The number of hydrogen-bond donors (Lipinski definition) is 0. The molecule has 37 heavy (non-hydrogen) atoms. The molecular weight excluding hydrogens is 523 g/mol. The monoisotopic (exact) mass is 544 g/mol. The van der Waals surface area contributed by atoms with Gasteiger partial charge in [0.2, 0.25) is 11.8 Å². The lowest BCUT2D eigenvalue weighted by Gasteiger charge is -2.14. The molecule has 7 heteroatoms. The summed E-state index contributed by atoms with van der Waals surface area (Å²) in [7, 11) is 0. The molecule has 0 amide bonds. The van der Waals surface area contributed by atoms with E-state index in [9.17, 15) is 0 Å². The second-order valence-corrected chi connectivity index (χ2v) is 8.98. The van der Waals surface area contributed by atoms with Crippen LogP contribution in [0.3, 0.4) is 0 Å². The van der Waals surface area contributed by atoms with Crippen LogP contribution in [0.2, 0.25) is 0 Å². The Bertz CT molecular complexity index is 1510. The van der Waals surface area contributed by atoms with Crippen LogP contribution in [0.1, 0.15) is 0 Å². The summed E-state index contributed by atoms with van der Waals surface area (Å²) in [6, 6.07) is 39.7. The minimum Gasteiger partial charge on any atom is -0.438 e. The lowest BCUT2D eigenvalue weighted by Crippen LogP contribution is -1.94. The first-order chi connectivity index (χ1) is 17.3. The van der Waals surface area contributed by atoms with E-state index >= 15 is 0 Å². The number of halogens is 2. The van der Waals surface area contributed by atoms with E-state index in [0.29, 0.717) is 11.8 Å². The zero-order chi connectivity index (χ0) is 23.5. The molecule has 0 bridgehead atoms. The van der Waals surface area contributed by atoms with Gasteiger partial charge in [0.15, 0.2) is 0 Å². The molecule has 184 valence electrons. The first kappa shape index (κ1) is 26.3. The smallest absolute Gasteiger partial charge is 0.233 e. The molecule has 0 fully saturated rings. The third-order valence-corrected chi connectivity index (χ3v) is 6.47. The molecule has 2 heterocycles. The summed E-state index contributed by atoms with van der Waals surface area (Å²) in [6.07, 6.45) is 0. The molecule has 0 saturated heterocycles. The molecule has 0 aliphatic rings. The topological polar surface area (TPSA) is 44.2 Å². The molecule has 0 unspecified atom stereocenters. The molecule has 6 aromatic rings. The van der Waals surface area contributed by atoms with Gasteiger partial charge >= 0.3 is 0 Å². The zero-order valence-corrected chi connectivity index (χ0v) is 21.9. The van der Waals surface area contributed by atoms with Gasteiger partial charge in [-0.1, -0.05) is 84.6 Å². The third-order valence-electron chi connectivity index (χ3n) is 5.45. The van der Waals surface area contributed by atoms with Crippen LogP contribution in [-0.2, 0) is 0 Å². The van der Waals surface area contributed by atoms with Crippen molar-refractivity contribution in [3.63, 3.8) is 0 Å². The number of rotatable bonds is 6. The minimum atomic E-state index is 0. The van der Waals surface area contributed by atoms with E-state index in [2.05, 4.69) is 24.3 Å². The van der Waals surface area contributed by atoms with Crippen molar-refractivity contribution in [2.45, 2.75) is 9.79 Å². The number of nitrogens with zero attached hydrogens (tertiary/aromatic N) is 2. The van der Waals surface area contributed by atoms with Crippen molar-refractivity contribution in [3.8, 4) is 23.3 Å². The van der Waals surface area contributed by atoms with Crippen LogP contribution in [0.25, 0.3) is 21.8 Å². The molecule has 4 nitrogen and oxygen atoms in total. The molecule has 6 rings (SSSR count). The average Bonchev–Trinajstić information content (AvgIpc) is 2.90. The van der Waals surface area contributed by atoms with Crippen LogP contribution in [0.15, 0.2) is 131 Å². The zero-order valence-electron chi connectivity index (χ0n) is 19.5. The van der Waals surface area contributed by atoms with Gasteiger partial charge in [-0.3, -0.25) is 0 Å². The van der Waals surface area contributed by atoms with E-state index in [0.717, 1.165) is 43.1 Å². The summed E-state index contributed by atoms with van der Waals surface area (Å²) >= 11 is 1.53. The summed E-state index contributed by atoms with van der Waals surface area (Å²) in [6.45, 7) is 0. The fourth-order valence-corrected chi connectivity index (χ4v) is 4.73. The lowest BCUT2D eigenvalue weighted by molar-refractivity contribution is 0.450. The summed E-state index contributed by atoms with van der Waals surface area (Å²) in [5, 5.41) is 2.07. The Hall–Kier alpha value is -3.77. The van der Waals surface area contributed by atoms with Gasteiger partial charge in [-0.2, -0.15) is 0 Å². The standard InChI is InChI=1S/C30H20N2O2S.2ClH/c1-3-13-23(14-4-1)33-29-27(19-21-11-7-9-17-25(21)31-29)35-28-20-22-12-8-10-18-26(22)32-30(28)34-24-15-5-2-6-16-24;;/h1-20H;2*1H. The predicted octanol–water partition coefficient (Wildman–Crippen LogP) is 9.36. The molecule has 4 aromatic carbocycles. The highest BCUT2D eigenvalue weighted by Gasteiger charge is 2.16. The molecule has 2 aromatic heterocycles. The first-order valence-corrected chi connectivity index (χ1v) is 12.1. The molecular formula is C30H22Cl2N2O2S. The van der Waals surface area contributed by atoms with Gasteiger partial charge in [-0.05, 0) is 48.5 Å². The third kappa shape index (κ3) is 5.97. The van der Waals surface area contributed by atoms with Gasteiger partial charge in [0.25, 0.3) is 0 Å². The van der Waals surface area contributed by atoms with Gasteiger partial charge in [-0.15, -0.1) is 24.8 Å². The molecule has 0 saturated carbocycles. The highest BCUT2D eigenvalue weighted by Crippen LogP contribution is 2.43. The summed E-state index contributed by atoms with van der Waals surface area (Å²) < 4.78 is 12.5. The summed E-state index contributed by atoms with van der Waals surface area (Å²) in [5.41, 5.74) is 1.75. The maximum absolute atomic E-state index is 6.24. The van der Waals surface area contributed by atoms with Crippen LogP contribution < -0.4 is 9.47 Å². The number of para-hydroxylation sites is 4. The Kier molecular flexibility index (Phi) is 8.51. The second-order valence-electron chi connectivity index (χ2n) is 7.90. The van der Waals surface area contributed by atoms with Gasteiger partial charge in [0.1, 0.15) is 11.5 Å². The number of fused-ring (bicyclic) bond motifs is 2. The van der Waals surface area contributed by atoms with E-state index in [4.69, 9.17) is 19.4 Å². The second kappa shape index (κ2) is 12.0. The van der Waals surface area contributed by atoms with Crippen molar-refractivity contribution in [2.24, 2.45) is 0 Å². The van der Waals surface area contributed by atoms with E-state index in [1.807, 2.05) is 97.1 Å². The van der Waals surface area contributed by atoms with Crippen molar-refractivity contribution in [1.82, 2.24) is 9.97 Å². The van der Waals surface area contributed by atoms with Gasteiger partial charge in [0.05, 0.1) is 20.8 Å². The Morgan fingerprint density at radius 2 is 0.838 bits per heavy atom. The van der Waals surface area contributed by atoms with E-state index < -0.39 is 0 Å². The molecule has 0 aliphatic carbocycles. The summed E-state index contributed by atoms with van der Waals surface area (Å²) in [4.78, 5) is 11.4. The number of benzene rings is 4. The van der Waals surface area contributed by atoms with Crippen LogP contribution in [0, 0.1) is 0 Å². The van der Waals surface area contributed by atoms with Crippen molar-refractivity contribution < 1.29 is 9.47 Å².